The lowest BCUT2D eigenvalue weighted by Gasteiger charge is -2.32. The molecule has 0 N–H and O–H groups in total. The van der Waals surface area contributed by atoms with Gasteiger partial charge in [0.25, 0.3) is 0 Å². The van der Waals surface area contributed by atoms with Gasteiger partial charge in [-0.1, -0.05) is 6.92 Å². The molecular formula is C14H21N5O3. The Morgan fingerprint density at radius 2 is 1.68 bits per heavy atom. The van der Waals surface area contributed by atoms with Crippen LogP contribution < -0.4 is 9.80 Å². The summed E-state index contributed by atoms with van der Waals surface area (Å²) >= 11 is 0. The first kappa shape index (κ1) is 15.0. The van der Waals surface area contributed by atoms with E-state index >= 15 is 0 Å². The number of ether oxygens (including phenoxy) is 1. The summed E-state index contributed by atoms with van der Waals surface area (Å²) in [5.74, 6) is 1.53. The third-order valence-electron chi connectivity index (χ3n) is 4.36. The average Bonchev–Trinajstić information content (AvgIpc) is 2.55. The fourth-order valence-electron chi connectivity index (χ4n) is 2.98. The van der Waals surface area contributed by atoms with Crippen LogP contribution in [0.5, 0.6) is 0 Å². The third-order valence-corrected chi connectivity index (χ3v) is 4.36. The van der Waals surface area contributed by atoms with E-state index in [1.165, 1.54) is 6.33 Å². The van der Waals surface area contributed by atoms with E-state index in [1.807, 2.05) is 9.80 Å². The van der Waals surface area contributed by atoms with Crippen molar-refractivity contribution < 1.29 is 9.66 Å². The SMILES string of the molecule is CC1CCN(c2ncnc(N3CCOCC3)c2[N+](=O)[O-])CC1. The van der Waals surface area contributed by atoms with Crippen molar-refractivity contribution in [3.8, 4) is 0 Å². The van der Waals surface area contributed by atoms with Crippen molar-refractivity contribution in [2.24, 2.45) is 5.92 Å². The second-order valence-corrected chi connectivity index (χ2v) is 5.90. The van der Waals surface area contributed by atoms with Crippen LogP contribution in [0.4, 0.5) is 17.3 Å². The largest absolute Gasteiger partial charge is 0.378 e. The predicted octanol–water partition coefficient (Wildman–Crippen LogP) is 1.46. The molecule has 0 bridgehead atoms. The molecule has 0 atom stereocenters. The van der Waals surface area contributed by atoms with Crippen molar-refractivity contribution in [2.45, 2.75) is 19.8 Å². The maximum Gasteiger partial charge on any atom is 0.353 e. The molecule has 0 aliphatic carbocycles. The summed E-state index contributed by atoms with van der Waals surface area (Å²) in [6.45, 7) is 6.20. The van der Waals surface area contributed by atoms with Crippen LogP contribution in [0, 0.1) is 16.0 Å². The van der Waals surface area contributed by atoms with Gasteiger partial charge in [-0.05, 0) is 18.8 Å². The molecule has 2 aliphatic heterocycles. The van der Waals surface area contributed by atoms with Crippen molar-refractivity contribution >= 4 is 17.3 Å². The van der Waals surface area contributed by atoms with Crippen molar-refractivity contribution in [1.29, 1.82) is 0 Å². The summed E-state index contributed by atoms with van der Waals surface area (Å²) in [6, 6.07) is 0. The van der Waals surface area contributed by atoms with Gasteiger partial charge in [-0.3, -0.25) is 10.1 Å². The smallest absolute Gasteiger partial charge is 0.353 e. The zero-order chi connectivity index (χ0) is 15.5. The van der Waals surface area contributed by atoms with Gasteiger partial charge in [0.15, 0.2) is 0 Å². The molecule has 0 spiro atoms. The van der Waals surface area contributed by atoms with Crippen molar-refractivity contribution in [3.63, 3.8) is 0 Å². The summed E-state index contributed by atoms with van der Waals surface area (Å²) in [4.78, 5) is 23.6. The number of aromatic nitrogens is 2. The Kier molecular flexibility index (Phi) is 4.37. The van der Waals surface area contributed by atoms with Gasteiger partial charge in [0.1, 0.15) is 6.33 Å². The van der Waals surface area contributed by atoms with Gasteiger partial charge in [-0.25, -0.2) is 9.97 Å². The van der Waals surface area contributed by atoms with Gasteiger partial charge in [-0.2, -0.15) is 0 Å². The summed E-state index contributed by atoms with van der Waals surface area (Å²) in [5.41, 5.74) is 0.0268. The van der Waals surface area contributed by atoms with Crippen LogP contribution in [-0.2, 0) is 4.74 Å². The summed E-state index contributed by atoms with van der Waals surface area (Å²) in [6.07, 6.45) is 3.51. The fourth-order valence-corrected chi connectivity index (χ4v) is 2.98. The number of anilines is 2. The minimum Gasteiger partial charge on any atom is -0.378 e. The zero-order valence-electron chi connectivity index (χ0n) is 12.8. The molecule has 0 unspecified atom stereocenters. The van der Waals surface area contributed by atoms with Crippen LogP contribution in [0.3, 0.4) is 0 Å². The molecule has 0 aromatic carbocycles. The summed E-state index contributed by atoms with van der Waals surface area (Å²) in [5, 5.41) is 11.6. The topological polar surface area (TPSA) is 84.6 Å². The molecule has 2 saturated heterocycles. The second-order valence-electron chi connectivity index (χ2n) is 5.90. The summed E-state index contributed by atoms with van der Waals surface area (Å²) < 4.78 is 5.31. The van der Waals surface area contributed by atoms with Gasteiger partial charge in [0.2, 0.25) is 11.6 Å². The first-order valence-corrected chi connectivity index (χ1v) is 7.74. The molecule has 22 heavy (non-hydrogen) atoms. The molecule has 1 aromatic heterocycles. The molecule has 2 fully saturated rings. The highest BCUT2D eigenvalue weighted by molar-refractivity contribution is 5.71. The number of morpholine rings is 1. The van der Waals surface area contributed by atoms with E-state index in [-0.39, 0.29) is 10.6 Å². The zero-order valence-corrected chi connectivity index (χ0v) is 12.8. The van der Waals surface area contributed by atoms with E-state index in [1.54, 1.807) is 0 Å². The lowest BCUT2D eigenvalue weighted by Crippen LogP contribution is -2.38. The molecule has 0 amide bonds. The Morgan fingerprint density at radius 3 is 2.23 bits per heavy atom. The van der Waals surface area contributed by atoms with Crippen LogP contribution in [0.2, 0.25) is 0 Å². The van der Waals surface area contributed by atoms with Gasteiger partial charge in [-0.15, -0.1) is 0 Å². The monoisotopic (exact) mass is 307 g/mol. The molecule has 1 aromatic rings. The quantitative estimate of drug-likeness (QED) is 0.617. The van der Waals surface area contributed by atoms with Gasteiger partial charge in [0.05, 0.1) is 18.1 Å². The summed E-state index contributed by atoms with van der Waals surface area (Å²) in [7, 11) is 0. The minimum atomic E-state index is -0.349. The molecule has 3 rings (SSSR count). The Bertz CT molecular complexity index is 539. The molecule has 0 radical (unpaired) electrons. The molecule has 2 aliphatic rings. The molecule has 120 valence electrons. The lowest BCUT2D eigenvalue weighted by molar-refractivity contribution is -0.383. The van der Waals surface area contributed by atoms with Crippen LogP contribution in [0.15, 0.2) is 6.33 Å². The standard InChI is InChI=1S/C14H21N5O3/c1-11-2-4-17(5-3-11)13-12(19(20)21)14(16-10-15-13)18-6-8-22-9-7-18/h10-11H,2-9H2,1H3. The molecule has 8 nitrogen and oxygen atoms in total. The predicted molar refractivity (Wildman–Crippen MR) is 82.3 cm³/mol. The number of piperidine rings is 1. The van der Waals surface area contributed by atoms with Crippen LogP contribution in [0.1, 0.15) is 19.8 Å². The maximum absolute atomic E-state index is 11.6. The second kappa shape index (κ2) is 6.43. The number of rotatable bonds is 3. The van der Waals surface area contributed by atoms with Gasteiger partial charge in [0, 0.05) is 26.2 Å². The van der Waals surface area contributed by atoms with E-state index in [4.69, 9.17) is 4.74 Å². The highest BCUT2D eigenvalue weighted by atomic mass is 16.6. The highest BCUT2D eigenvalue weighted by Gasteiger charge is 2.31. The van der Waals surface area contributed by atoms with Crippen molar-refractivity contribution in [2.75, 3.05) is 49.2 Å². The maximum atomic E-state index is 11.6. The lowest BCUT2D eigenvalue weighted by atomic mass is 9.99. The van der Waals surface area contributed by atoms with E-state index < -0.39 is 0 Å². The van der Waals surface area contributed by atoms with Gasteiger partial charge >= 0.3 is 5.69 Å². The van der Waals surface area contributed by atoms with Gasteiger partial charge < -0.3 is 14.5 Å². The van der Waals surface area contributed by atoms with E-state index in [0.29, 0.717) is 43.9 Å². The van der Waals surface area contributed by atoms with Crippen LogP contribution in [0.25, 0.3) is 0 Å². The Balaban J connectivity index is 1.94. The van der Waals surface area contributed by atoms with Crippen molar-refractivity contribution in [1.82, 2.24) is 9.97 Å². The minimum absolute atomic E-state index is 0.0268. The Morgan fingerprint density at radius 1 is 1.14 bits per heavy atom. The average molecular weight is 307 g/mol. The van der Waals surface area contributed by atoms with E-state index in [9.17, 15) is 10.1 Å². The first-order valence-electron chi connectivity index (χ1n) is 7.74. The number of nitro groups is 1. The molecule has 3 heterocycles. The fraction of sp³-hybridized carbons (Fsp3) is 0.714. The van der Waals surface area contributed by atoms with Crippen LogP contribution >= 0.6 is 0 Å². The Hall–Kier alpha value is -1.96. The van der Waals surface area contributed by atoms with Crippen molar-refractivity contribution in [3.05, 3.63) is 16.4 Å². The first-order chi connectivity index (χ1) is 10.7. The molecular weight excluding hydrogens is 286 g/mol. The highest BCUT2D eigenvalue weighted by Crippen LogP contribution is 2.36. The number of hydrogen-bond donors (Lipinski definition) is 0. The third kappa shape index (κ3) is 2.96. The Labute approximate surface area is 129 Å². The molecule has 0 saturated carbocycles. The normalized spacial score (nSPS) is 20.2. The van der Waals surface area contributed by atoms with Crippen LogP contribution in [-0.4, -0.2) is 54.3 Å². The molecule has 8 heteroatoms. The number of hydrogen-bond acceptors (Lipinski definition) is 7. The van der Waals surface area contributed by atoms with E-state index in [2.05, 4.69) is 16.9 Å². The number of nitrogens with zero attached hydrogens (tertiary/aromatic N) is 5. The van der Waals surface area contributed by atoms with E-state index in [0.717, 1.165) is 25.9 Å².